The van der Waals surface area contributed by atoms with Crippen LogP contribution in [0.5, 0.6) is 0 Å². The van der Waals surface area contributed by atoms with Crippen molar-refractivity contribution in [1.82, 2.24) is 5.32 Å². The molecule has 1 atom stereocenters. The van der Waals surface area contributed by atoms with E-state index in [9.17, 15) is 8.78 Å². The molecule has 1 N–H and O–H groups in total. The Bertz CT molecular complexity index is 428. The second-order valence-electron chi connectivity index (χ2n) is 6.42. The van der Waals surface area contributed by atoms with Gasteiger partial charge >= 0.3 is 0 Å². The fourth-order valence-corrected chi connectivity index (χ4v) is 1.85. The number of halogens is 2. The van der Waals surface area contributed by atoms with Crippen LogP contribution in [-0.4, -0.2) is 12.1 Å². The molecule has 19 heavy (non-hydrogen) atoms. The van der Waals surface area contributed by atoms with Crippen LogP contribution in [0.25, 0.3) is 0 Å². The molecule has 0 aliphatic heterocycles. The van der Waals surface area contributed by atoms with Gasteiger partial charge in [0.15, 0.2) is 0 Å². The molecule has 1 rings (SSSR count). The van der Waals surface area contributed by atoms with Crippen LogP contribution in [0.1, 0.15) is 33.3 Å². The van der Waals surface area contributed by atoms with Gasteiger partial charge in [0.25, 0.3) is 0 Å². The first kappa shape index (κ1) is 15.8. The quantitative estimate of drug-likeness (QED) is 0.792. The van der Waals surface area contributed by atoms with E-state index in [4.69, 9.17) is 0 Å². The smallest absolute Gasteiger partial charge is 0.126 e. The van der Waals surface area contributed by atoms with Crippen LogP contribution in [0, 0.1) is 17.0 Å². The maximum Gasteiger partial charge on any atom is 0.126 e. The van der Waals surface area contributed by atoms with Crippen molar-refractivity contribution < 1.29 is 8.78 Å². The molecule has 0 bridgehead atoms. The van der Waals surface area contributed by atoms with Crippen LogP contribution in [0.4, 0.5) is 8.78 Å². The fraction of sp³-hybridized carbons (Fsp3) is 0.500. The number of rotatable bonds is 5. The van der Waals surface area contributed by atoms with Crippen molar-refractivity contribution in [3.63, 3.8) is 0 Å². The minimum Gasteiger partial charge on any atom is -0.311 e. The standard InChI is InChI=1S/C16H23F2N/c1-6-16(5,11-19-15(2,3)4)10-12-7-13(17)9-14(18)8-12/h6-9,19H,1,10-11H2,2-5H3. The van der Waals surface area contributed by atoms with Crippen LogP contribution in [0.2, 0.25) is 0 Å². The van der Waals surface area contributed by atoms with E-state index in [0.717, 1.165) is 6.07 Å². The van der Waals surface area contributed by atoms with Gasteiger partial charge in [-0.15, -0.1) is 6.58 Å². The van der Waals surface area contributed by atoms with E-state index in [0.29, 0.717) is 18.5 Å². The Balaban J connectivity index is 2.82. The van der Waals surface area contributed by atoms with Gasteiger partial charge in [-0.1, -0.05) is 13.0 Å². The van der Waals surface area contributed by atoms with Crippen molar-refractivity contribution in [2.24, 2.45) is 5.41 Å². The highest BCUT2D eigenvalue weighted by Crippen LogP contribution is 2.25. The second-order valence-corrected chi connectivity index (χ2v) is 6.42. The normalized spacial score (nSPS) is 15.1. The number of hydrogen-bond acceptors (Lipinski definition) is 1. The molecule has 0 fully saturated rings. The highest BCUT2D eigenvalue weighted by atomic mass is 19.1. The third kappa shape index (κ3) is 5.52. The molecular formula is C16H23F2N. The summed E-state index contributed by atoms with van der Waals surface area (Å²) in [7, 11) is 0. The first-order chi connectivity index (χ1) is 8.63. The molecular weight excluding hydrogens is 244 g/mol. The van der Waals surface area contributed by atoms with Crippen LogP contribution in [0.15, 0.2) is 30.9 Å². The Morgan fingerprint density at radius 2 is 1.63 bits per heavy atom. The van der Waals surface area contributed by atoms with Gasteiger partial charge in [-0.2, -0.15) is 0 Å². The minimum atomic E-state index is -0.537. The lowest BCUT2D eigenvalue weighted by Gasteiger charge is -2.31. The van der Waals surface area contributed by atoms with Crippen LogP contribution >= 0.6 is 0 Å². The molecule has 1 nitrogen and oxygen atoms in total. The van der Waals surface area contributed by atoms with Crippen molar-refractivity contribution in [1.29, 1.82) is 0 Å². The topological polar surface area (TPSA) is 12.0 Å². The molecule has 0 heterocycles. The monoisotopic (exact) mass is 267 g/mol. The summed E-state index contributed by atoms with van der Waals surface area (Å²) >= 11 is 0. The number of nitrogens with one attached hydrogen (secondary N) is 1. The van der Waals surface area contributed by atoms with Gasteiger partial charge in [-0.25, -0.2) is 8.78 Å². The highest BCUT2D eigenvalue weighted by molar-refractivity contribution is 5.20. The van der Waals surface area contributed by atoms with Gasteiger partial charge in [0, 0.05) is 23.6 Å². The first-order valence-electron chi connectivity index (χ1n) is 6.47. The highest BCUT2D eigenvalue weighted by Gasteiger charge is 2.23. The van der Waals surface area contributed by atoms with Crippen LogP contribution < -0.4 is 5.32 Å². The van der Waals surface area contributed by atoms with Crippen molar-refractivity contribution in [3.05, 3.63) is 48.1 Å². The van der Waals surface area contributed by atoms with Gasteiger partial charge in [-0.05, 0) is 44.9 Å². The Kier molecular flexibility index (Phi) is 4.86. The lowest BCUT2D eigenvalue weighted by Crippen LogP contribution is -2.43. The van der Waals surface area contributed by atoms with Gasteiger partial charge in [-0.3, -0.25) is 0 Å². The Labute approximate surface area is 114 Å². The molecule has 1 aromatic rings. The molecule has 0 radical (unpaired) electrons. The average molecular weight is 267 g/mol. The van der Waals surface area contributed by atoms with Crippen molar-refractivity contribution in [2.75, 3.05) is 6.54 Å². The van der Waals surface area contributed by atoms with Crippen molar-refractivity contribution in [2.45, 2.75) is 39.7 Å². The van der Waals surface area contributed by atoms with Crippen LogP contribution in [-0.2, 0) is 6.42 Å². The zero-order chi connectivity index (χ0) is 14.7. The molecule has 1 aromatic carbocycles. The lowest BCUT2D eigenvalue weighted by atomic mass is 9.83. The predicted octanol–water partition coefficient (Wildman–Crippen LogP) is 4.09. The summed E-state index contributed by atoms with van der Waals surface area (Å²) in [6, 6.07) is 3.64. The third-order valence-corrected chi connectivity index (χ3v) is 3.05. The fourth-order valence-electron chi connectivity index (χ4n) is 1.85. The summed E-state index contributed by atoms with van der Waals surface area (Å²) in [5, 5.41) is 3.40. The zero-order valence-corrected chi connectivity index (χ0v) is 12.2. The summed E-state index contributed by atoms with van der Waals surface area (Å²) in [6.45, 7) is 12.8. The predicted molar refractivity (Wildman–Crippen MR) is 76.1 cm³/mol. The molecule has 0 aromatic heterocycles. The largest absolute Gasteiger partial charge is 0.311 e. The molecule has 0 spiro atoms. The molecule has 0 aliphatic carbocycles. The SMILES string of the molecule is C=CC(C)(CNC(C)(C)C)Cc1cc(F)cc(F)c1. The maximum absolute atomic E-state index is 13.2. The van der Waals surface area contributed by atoms with E-state index in [-0.39, 0.29) is 11.0 Å². The van der Waals surface area contributed by atoms with E-state index in [1.165, 1.54) is 12.1 Å². The molecule has 0 aliphatic rings. The maximum atomic E-state index is 13.2. The van der Waals surface area contributed by atoms with Gasteiger partial charge in [0.2, 0.25) is 0 Å². The van der Waals surface area contributed by atoms with Gasteiger partial charge in [0.05, 0.1) is 0 Å². The Morgan fingerprint density at radius 3 is 2.05 bits per heavy atom. The third-order valence-electron chi connectivity index (χ3n) is 3.05. The number of hydrogen-bond donors (Lipinski definition) is 1. The summed E-state index contributed by atoms with van der Waals surface area (Å²) < 4.78 is 26.4. The van der Waals surface area contributed by atoms with E-state index >= 15 is 0 Å². The van der Waals surface area contributed by atoms with Crippen LogP contribution in [0.3, 0.4) is 0 Å². The molecule has 1 unspecified atom stereocenters. The molecule has 0 amide bonds. The van der Waals surface area contributed by atoms with Gasteiger partial charge < -0.3 is 5.32 Å². The van der Waals surface area contributed by atoms with Crippen molar-refractivity contribution >= 4 is 0 Å². The molecule has 3 heteroatoms. The Morgan fingerprint density at radius 1 is 1.11 bits per heavy atom. The Hall–Kier alpha value is -1.22. The van der Waals surface area contributed by atoms with E-state index in [2.05, 4.69) is 32.7 Å². The number of benzene rings is 1. The van der Waals surface area contributed by atoms with E-state index < -0.39 is 11.6 Å². The lowest BCUT2D eigenvalue weighted by molar-refractivity contribution is 0.322. The van der Waals surface area contributed by atoms with Gasteiger partial charge in [0.1, 0.15) is 11.6 Å². The molecule has 0 saturated carbocycles. The second kappa shape index (κ2) is 5.83. The van der Waals surface area contributed by atoms with E-state index in [1.807, 2.05) is 13.0 Å². The average Bonchev–Trinajstić information content (AvgIpc) is 2.24. The van der Waals surface area contributed by atoms with E-state index in [1.54, 1.807) is 0 Å². The summed E-state index contributed by atoms with van der Waals surface area (Å²) in [4.78, 5) is 0. The summed E-state index contributed by atoms with van der Waals surface area (Å²) in [5.74, 6) is -1.07. The summed E-state index contributed by atoms with van der Waals surface area (Å²) in [5.41, 5.74) is 0.404. The summed E-state index contributed by atoms with van der Waals surface area (Å²) in [6.07, 6.45) is 2.39. The molecule has 0 saturated heterocycles. The molecule has 106 valence electrons. The van der Waals surface area contributed by atoms with Crippen molar-refractivity contribution in [3.8, 4) is 0 Å². The zero-order valence-electron chi connectivity index (χ0n) is 12.2. The minimum absolute atomic E-state index is 0.00252. The first-order valence-corrected chi connectivity index (χ1v) is 6.47.